The number of halogens is 1. The minimum Gasteiger partial charge on any atom is -0.369 e. The number of nitrogens with zero attached hydrogens (tertiary/aromatic N) is 2. The lowest BCUT2D eigenvalue weighted by molar-refractivity contribution is 0.0962. The molecule has 0 bridgehead atoms. The summed E-state index contributed by atoms with van der Waals surface area (Å²) in [5.74, 6) is 0.232. The number of hydrogen-bond acceptors (Lipinski definition) is 3. The van der Waals surface area contributed by atoms with E-state index >= 15 is 0 Å². The first-order valence-electron chi connectivity index (χ1n) is 8.44. The van der Waals surface area contributed by atoms with Crippen LogP contribution >= 0.6 is 11.6 Å². The number of aryl methyl sites for hydroxylation is 1. The second-order valence-corrected chi connectivity index (χ2v) is 6.78. The highest BCUT2D eigenvalue weighted by Crippen LogP contribution is 2.19. The van der Waals surface area contributed by atoms with Gasteiger partial charge in [0.15, 0.2) is 5.78 Å². The Bertz CT molecular complexity index is 674. The molecule has 2 aromatic carbocycles. The zero-order valence-corrected chi connectivity index (χ0v) is 14.8. The highest BCUT2D eigenvalue weighted by atomic mass is 35.5. The lowest BCUT2D eigenvalue weighted by atomic mass is 10.1. The molecular formula is C20H23ClN2O. The molecule has 0 atom stereocenters. The maximum absolute atomic E-state index is 12.3. The number of Topliss-reactive ketones (excluding diaryl/α,β-unsaturated/α-hetero) is 1. The average molecular weight is 343 g/mol. The Balaban J connectivity index is 1.46. The maximum Gasteiger partial charge on any atom is 0.164 e. The van der Waals surface area contributed by atoms with Gasteiger partial charge in [-0.3, -0.25) is 9.69 Å². The molecule has 4 heteroatoms. The largest absolute Gasteiger partial charge is 0.369 e. The van der Waals surface area contributed by atoms with Crippen molar-refractivity contribution in [3.8, 4) is 0 Å². The van der Waals surface area contributed by atoms with Crippen LogP contribution in [0.5, 0.6) is 0 Å². The van der Waals surface area contributed by atoms with Crippen molar-refractivity contribution in [3.05, 3.63) is 64.7 Å². The van der Waals surface area contributed by atoms with Crippen molar-refractivity contribution in [2.24, 2.45) is 0 Å². The van der Waals surface area contributed by atoms with Gasteiger partial charge in [0.05, 0.1) is 0 Å². The molecule has 1 fully saturated rings. The molecule has 3 nitrogen and oxygen atoms in total. The molecule has 1 aliphatic rings. The first-order chi connectivity index (χ1) is 11.6. The van der Waals surface area contributed by atoms with E-state index in [-0.39, 0.29) is 5.78 Å². The standard InChI is InChI=1S/C20H23ClN2O/c1-16-2-4-17(5-3-16)20(24)10-11-22-12-14-23(15-13-22)19-8-6-18(21)7-9-19/h2-9H,10-15H2,1H3. The van der Waals surface area contributed by atoms with E-state index in [4.69, 9.17) is 11.6 Å². The van der Waals surface area contributed by atoms with Crippen molar-refractivity contribution in [3.63, 3.8) is 0 Å². The smallest absolute Gasteiger partial charge is 0.164 e. The molecule has 0 amide bonds. The van der Waals surface area contributed by atoms with Crippen molar-refractivity contribution in [1.82, 2.24) is 4.90 Å². The third-order valence-corrected chi connectivity index (χ3v) is 4.84. The summed E-state index contributed by atoms with van der Waals surface area (Å²) in [7, 11) is 0. The van der Waals surface area contributed by atoms with Crippen LogP contribution in [0.3, 0.4) is 0 Å². The summed E-state index contributed by atoms with van der Waals surface area (Å²) in [5, 5.41) is 0.770. The number of carbonyl (C=O) groups is 1. The fraction of sp³-hybridized carbons (Fsp3) is 0.350. The molecule has 0 N–H and O–H groups in total. The summed E-state index contributed by atoms with van der Waals surface area (Å²) in [6.45, 7) is 6.82. The first kappa shape index (κ1) is 17.0. The van der Waals surface area contributed by atoms with Gasteiger partial charge in [0.1, 0.15) is 0 Å². The predicted molar refractivity (Wildman–Crippen MR) is 100 cm³/mol. The molecule has 1 saturated heterocycles. The molecule has 3 rings (SSSR count). The summed E-state index contributed by atoms with van der Waals surface area (Å²) in [5.41, 5.74) is 3.22. The minimum absolute atomic E-state index is 0.232. The maximum atomic E-state index is 12.3. The summed E-state index contributed by atoms with van der Waals surface area (Å²) in [6.07, 6.45) is 0.587. The Labute approximate surface area is 148 Å². The van der Waals surface area contributed by atoms with Gasteiger partial charge >= 0.3 is 0 Å². The summed E-state index contributed by atoms with van der Waals surface area (Å²) >= 11 is 5.95. The van der Waals surface area contributed by atoms with Gasteiger partial charge in [0, 0.05) is 55.4 Å². The van der Waals surface area contributed by atoms with Crippen LogP contribution in [0.2, 0.25) is 5.02 Å². The van der Waals surface area contributed by atoms with Crippen LogP contribution in [-0.2, 0) is 0 Å². The van der Waals surface area contributed by atoms with Crippen molar-refractivity contribution < 1.29 is 4.79 Å². The molecule has 0 aromatic heterocycles. The average Bonchev–Trinajstić information content (AvgIpc) is 2.61. The van der Waals surface area contributed by atoms with E-state index in [0.29, 0.717) is 6.42 Å². The third kappa shape index (κ3) is 4.37. The topological polar surface area (TPSA) is 23.6 Å². The van der Waals surface area contributed by atoms with Crippen LogP contribution in [0.25, 0.3) is 0 Å². The van der Waals surface area contributed by atoms with Crippen LogP contribution in [0, 0.1) is 6.92 Å². The molecule has 1 aliphatic heterocycles. The van der Waals surface area contributed by atoms with Crippen LogP contribution in [-0.4, -0.2) is 43.4 Å². The lowest BCUT2D eigenvalue weighted by Gasteiger charge is -2.36. The number of rotatable bonds is 5. The van der Waals surface area contributed by atoms with Crippen molar-refractivity contribution in [1.29, 1.82) is 0 Å². The summed E-state index contributed by atoms with van der Waals surface area (Å²) < 4.78 is 0. The Morgan fingerprint density at radius 2 is 1.58 bits per heavy atom. The van der Waals surface area contributed by atoms with Crippen LogP contribution in [0.1, 0.15) is 22.3 Å². The second-order valence-electron chi connectivity index (χ2n) is 6.34. The van der Waals surface area contributed by atoms with Gasteiger partial charge in [-0.1, -0.05) is 41.4 Å². The van der Waals surface area contributed by atoms with Crippen molar-refractivity contribution in [2.45, 2.75) is 13.3 Å². The van der Waals surface area contributed by atoms with E-state index in [9.17, 15) is 4.79 Å². The molecule has 24 heavy (non-hydrogen) atoms. The monoisotopic (exact) mass is 342 g/mol. The van der Waals surface area contributed by atoms with Gasteiger partial charge in [-0.2, -0.15) is 0 Å². The predicted octanol–water partition coefficient (Wildman–Crippen LogP) is 4.04. The molecule has 0 saturated carbocycles. The molecule has 126 valence electrons. The quantitative estimate of drug-likeness (QED) is 0.766. The minimum atomic E-state index is 0.232. The SMILES string of the molecule is Cc1ccc(C(=O)CCN2CCN(c3ccc(Cl)cc3)CC2)cc1. The number of benzene rings is 2. The van der Waals surface area contributed by atoms with Crippen molar-refractivity contribution in [2.75, 3.05) is 37.6 Å². The molecule has 0 aliphatic carbocycles. The van der Waals surface area contributed by atoms with E-state index < -0.39 is 0 Å². The number of piperazine rings is 1. The van der Waals surface area contributed by atoms with E-state index in [2.05, 4.69) is 21.9 Å². The van der Waals surface area contributed by atoms with E-state index in [1.807, 2.05) is 43.3 Å². The van der Waals surface area contributed by atoms with Crippen LogP contribution in [0.4, 0.5) is 5.69 Å². The van der Waals surface area contributed by atoms with E-state index in [0.717, 1.165) is 43.3 Å². The van der Waals surface area contributed by atoms with Crippen LogP contribution in [0.15, 0.2) is 48.5 Å². The summed E-state index contributed by atoms with van der Waals surface area (Å²) in [6, 6.07) is 15.9. The summed E-state index contributed by atoms with van der Waals surface area (Å²) in [4.78, 5) is 17.0. The third-order valence-electron chi connectivity index (χ3n) is 4.59. The van der Waals surface area contributed by atoms with Gasteiger partial charge in [-0.15, -0.1) is 0 Å². The lowest BCUT2D eigenvalue weighted by Crippen LogP contribution is -2.46. The van der Waals surface area contributed by atoms with Gasteiger partial charge < -0.3 is 4.90 Å². The number of hydrogen-bond donors (Lipinski definition) is 0. The fourth-order valence-corrected chi connectivity index (χ4v) is 3.15. The Morgan fingerprint density at radius 1 is 0.958 bits per heavy atom. The number of anilines is 1. The number of ketones is 1. The first-order valence-corrected chi connectivity index (χ1v) is 8.82. The van der Waals surface area contributed by atoms with Gasteiger partial charge in [-0.05, 0) is 31.2 Å². The Kier molecular flexibility index (Phi) is 5.54. The fourth-order valence-electron chi connectivity index (χ4n) is 3.03. The molecule has 1 heterocycles. The Morgan fingerprint density at radius 3 is 2.21 bits per heavy atom. The highest BCUT2D eigenvalue weighted by Gasteiger charge is 2.18. The zero-order chi connectivity index (χ0) is 16.9. The molecular weight excluding hydrogens is 320 g/mol. The molecule has 0 spiro atoms. The van der Waals surface area contributed by atoms with E-state index in [1.165, 1.54) is 11.3 Å². The molecule has 0 radical (unpaired) electrons. The van der Waals surface area contributed by atoms with E-state index in [1.54, 1.807) is 0 Å². The van der Waals surface area contributed by atoms with Gasteiger partial charge in [0.2, 0.25) is 0 Å². The molecule has 0 unspecified atom stereocenters. The zero-order valence-electron chi connectivity index (χ0n) is 14.0. The van der Waals surface area contributed by atoms with Gasteiger partial charge in [-0.25, -0.2) is 0 Å². The normalized spacial score (nSPS) is 15.5. The molecule has 2 aromatic rings. The van der Waals surface area contributed by atoms with Gasteiger partial charge in [0.25, 0.3) is 0 Å². The number of carbonyl (C=O) groups excluding carboxylic acids is 1. The van der Waals surface area contributed by atoms with Crippen LogP contribution < -0.4 is 4.90 Å². The Hall–Kier alpha value is -1.84. The highest BCUT2D eigenvalue weighted by molar-refractivity contribution is 6.30. The second kappa shape index (κ2) is 7.82. The van der Waals surface area contributed by atoms with Crippen molar-refractivity contribution >= 4 is 23.1 Å².